The Labute approximate surface area is 129 Å². The zero-order valence-corrected chi connectivity index (χ0v) is 13.1. The molecule has 9 nitrogen and oxygen atoms in total. The maximum Gasteiger partial charge on any atom is 0.350 e. The van der Waals surface area contributed by atoms with Gasteiger partial charge < -0.3 is 14.2 Å². The first-order chi connectivity index (χ1) is 10.5. The number of carbonyl (C=O) groups excluding carboxylic acids is 3. The number of hydrogen-bond acceptors (Lipinski definition) is 9. The van der Waals surface area contributed by atoms with Gasteiger partial charge in [0.05, 0.1) is 33.2 Å². The number of esters is 3. The molecule has 0 aliphatic carbocycles. The Balaban J connectivity index is 3.29. The van der Waals surface area contributed by atoms with Crippen molar-refractivity contribution in [3.05, 3.63) is 0 Å². The molecule has 0 amide bonds. The summed E-state index contributed by atoms with van der Waals surface area (Å²) in [6, 6.07) is 0. The van der Waals surface area contributed by atoms with E-state index in [-0.39, 0.29) is 33.2 Å². The molecule has 1 fully saturated rings. The second-order valence-corrected chi connectivity index (χ2v) is 4.40. The van der Waals surface area contributed by atoms with Crippen LogP contribution in [0.1, 0.15) is 20.8 Å². The Morgan fingerprint density at radius 3 is 1.55 bits per heavy atom. The van der Waals surface area contributed by atoms with Gasteiger partial charge in [0.25, 0.3) is 0 Å². The molecule has 126 valence electrons. The number of nitrogens with one attached hydrogen (secondary N) is 2. The van der Waals surface area contributed by atoms with Crippen molar-refractivity contribution in [1.82, 2.24) is 15.5 Å². The topological polar surface area (TPSA) is 106 Å². The second kappa shape index (κ2) is 8.66. The highest BCUT2D eigenvalue weighted by atomic mass is 16.6. The molecule has 2 N–H and O–H groups in total. The first kappa shape index (κ1) is 18.3. The molecular formula is C13H23N3O6. The zero-order chi connectivity index (χ0) is 16.6. The average molecular weight is 317 g/mol. The Bertz CT molecular complexity index is 363. The predicted molar refractivity (Wildman–Crippen MR) is 75.3 cm³/mol. The molecule has 0 bridgehead atoms. The van der Waals surface area contributed by atoms with E-state index in [9.17, 15) is 14.4 Å². The van der Waals surface area contributed by atoms with Crippen LogP contribution in [0.2, 0.25) is 0 Å². The van der Waals surface area contributed by atoms with Crippen molar-refractivity contribution in [2.75, 3.05) is 39.8 Å². The highest BCUT2D eigenvalue weighted by molar-refractivity contribution is 6.23. The Morgan fingerprint density at radius 1 is 0.864 bits per heavy atom. The molecule has 1 saturated heterocycles. The van der Waals surface area contributed by atoms with Crippen molar-refractivity contribution in [3.63, 3.8) is 0 Å². The maximum atomic E-state index is 12.5. The number of carbonyl (C=O) groups is 3. The van der Waals surface area contributed by atoms with E-state index in [1.807, 2.05) is 0 Å². The summed E-state index contributed by atoms with van der Waals surface area (Å²) in [6.07, 6.45) is 0. The third-order valence-corrected chi connectivity index (χ3v) is 3.04. The Hall–Kier alpha value is -1.71. The first-order valence-corrected chi connectivity index (χ1v) is 7.23. The van der Waals surface area contributed by atoms with Gasteiger partial charge in [-0.3, -0.25) is 10.6 Å². The third kappa shape index (κ3) is 3.54. The summed E-state index contributed by atoms with van der Waals surface area (Å²) < 4.78 is 14.9. The van der Waals surface area contributed by atoms with Crippen molar-refractivity contribution in [2.45, 2.75) is 26.3 Å². The number of hydrogen-bond donors (Lipinski definition) is 2. The molecule has 0 aromatic rings. The molecule has 0 aromatic carbocycles. The van der Waals surface area contributed by atoms with Gasteiger partial charge in [0.2, 0.25) is 0 Å². The van der Waals surface area contributed by atoms with Crippen LogP contribution >= 0.6 is 0 Å². The van der Waals surface area contributed by atoms with Gasteiger partial charge in [-0.1, -0.05) is 0 Å². The number of rotatable bonds is 7. The molecule has 0 saturated carbocycles. The van der Waals surface area contributed by atoms with Crippen LogP contribution < -0.4 is 10.6 Å². The average Bonchev–Trinajstić information content (AvgIpc) is 2.50. The van der Waals surface area contributed by atoms with Gasteiger partial charge in [-0.2, -0.15) is 0 Å². The first-order valence-electron chi connectivity index (χ1n) is 7.23. The minimum atomic E-state index is -2.28. The lowest BCUT2D eigenvalue weighted by molar-refractivity contribution is -0.188. The summed E-state index contributed by atoms with van der Waals surface area (Å²) in [5, 5.41) is 5.85. The van der Waals surface area contributed by atoms with Crippen LogP contribution in [0.4, 0.5) is 0 Å². The van der Waals surface area contributed by atoms with Crippen molar-refractivity contribution in [3.8, 4) is 0 Å². The molecule has 9 heteroatoms. The fourth-order valence-corrected chi connectivity index (χ4v) is 2.11. The van der Waals surface area contributed by atoms with Crippen molar-refractivity contribution < 1.29 is 28.6 Å². The summed E-state index contributed by atoms with van der Waals surface area (Å²) in [5.41, 5.74) is -2.28. The predicted octanol–water partition coefficient (Wildman–Crippen LogP) is -1.22. The summed E-state index contributed by atoms with van der Waals surface area (Å²) in [7, 11) is 0. The molecule has 1 rings (SSSR count). The lowest BCUT2D eigenvalue weighted by atomic mass is 9.97. The van der Waals surface area contributed by atoms with Crippen LogP contribution in [-0.2, 0) is 28.6 Å². The van der Waals surface area contributed by atoms with Crippen LogP contribution in [0.5, 0.6) is 0 Å². The smallest absolute Gasteiger partial charge is 0.350 e. The van der Waals surface area contributed by atoms with Crippen molar-refractivity contribution in [2.24, 2.45) is 0 Å². The van der Waals surface area contributed by atoms with Gasteiger partial charge in [0, 0.05) is 6.67 Å². The van der Waals surface area contributed by atoms with Gasteiger partial charge >= 0.3 is 23.4 Å². The highest BCUT2D eigenvalue weighted by Crippen LogP contribution is 2.22. The van der Waals surface area contributed by atoms with Crippen molar-refractivity contribution >= 4 is 17.9 Å². The van der Waals surface area contributed by atoms with Crippen LogP contribution in [0.25, 0.3) is 0 Å². The van der Waals surface area contributed by atoms with E-state index in [2.05, 4.69) is 10.6 Å². The molecule has 0 atom stereocenters. The quantitative estimate of drug-likeness (QED) is 0.339. The molecule has 1 aliphatic rings. The van der Waals surface area contributed by atoms with E-state index >= 15 is 0 Å². The van der Waals surface area contributed by atoms with E-state index < -0.39 is 23.4 Å². The molecule has 1 heterocycles. The van der Waals surface area contributed by atoms with Crippen LogP contribution in [0.3, 0.4) is 0 Å². The lowest BCUT2D eigenvalue weighted by Gasteiger charge is -2.39. The molecular weight excluding hydrogens is 294 g/mol. The summed E-state index contributed by atoms with van der Waals surface area (Å²) >= 11 is 0. The minimum absolute atomic E-state index is 0.0219. The molecule has 22 heavy (non-hydrogen) atoms. The van der Waals surface area contributed by atoms with E-state index in [1.165, 1.54) is 4.90 Å². The standard InChI is InChI=1S/C13H23N3O6/c1-4-20-10(17)13(11(18)21-5-2,12(19)22-6-3)16-8-14-7-15-9-16/h14-15H,4-9H2,1-3H3. The monoisotopic (exact) mass is 317 g/mol. The van der Waals surface area contributed by atoms with Crippen LogP contribution in [-0.4, -0.2) is 68.2 Å². The molecule has 0 aromatic heterocycles. The largest absolute Gasteiger partial charge is 0.464 e. The molecule has 0 spiro atoms. The van der Waals surface area contributed by atoms with E-state index in [0.717, 1.165) is 0 Å². The second-order valence-electron chi connectivity index (χ2n) is 4.40. The van der Waals surface area contributed by atoms with Crippen LogP contribution in [0.15, 0.2) is 0 Å². The number of ether oxygens (including phenoxy) is 3. The zero-order valence-electron chi connectivity index (χ0n) is 13.1. The summed E-state index contributed by atoms with van der Waals surface area (Å²) in [6.45, 7) is 5.58. The maximum absolute atomic E-state index is 12.5. The molecule has 1 aliphatic heterocycles. The van der Waals surface area contributed by atoms with E-state index in [0.29, 0.717) is 6.67 Å². The van der Waals surface area contributed by atoms with Gasteiger partial charge in [-0.25, -0.2) is 19.3 Å². The SMILES string of the molecule is CCOC(=O)C(C(=O)OCC)(C(=O)OCC)N1CNCNC1. The lowest BCUT2D eigenvalue weighted by Crippen LogP contribution is -2.71. The van der Waals surface area contributed by atoms with Gasteiger partial charge in [-0.15, -0.1) is 0 Å². The Morgan fingerprint density at radius 2 is 1.23 bits per heavy atom. The van der Waals surface area contributed by atoms with Crippen LogP contribution in [0, 0.1) is 0 Å². The van der Waals surface area contributed by atoms with Crippen molar-refractivity contribution in [1.29, 1.82) is 0 Å². The molecule has 0 unspecified atom stereocenters. The fraction of sp³-hybridized carbons (Fsp3) is 0.769. The van der Waals surface area contributed by atoms with Gasteiger partial charge in [0.1, 0.15) is 0 Å². The summed E-state index contributed by atoms with van der Waals surface area (Å²) in [4.78, 5) is 38.7. The third-order valence-electron chi connectivity index (χ3n) is 3.04. The minimum Gasteiger partial charge on any atom is -0.464 e. The Kier molecular flexibility index (Phi) is 7.22. The normalized spacial score (nSPS) is 16.0. The summed E-state index contributed by atoms with van der Waals surface area (Å²) in [5.74, 6) is -3.01. The fourth-order valence-electron chi connectivity index (χ4n) is 2.11. The van der Waals surface area contributed by atoms with Gasteiger partial charge in [0.15, 0.2) is 0 Å². The number of nitrogens with zero attached hydrogens (tertiary/aromatic N) is 1. The van der Waals surface area contributed by atoms with E-state index in [1.54, 1.807) is 20.8 Å². The highest BCUT2D eigenvalue weighted by Gasteiger charge is 2.62. The molecule has 0 radical (unpaired) electrons. The van der Waals surface area contributed by atoms with E-state index in [4.69, 9.17) is 14.2 Å². The van der Waals surface area contributed by atoms with Gasteiger partial charge in [-0.05, 0) is 20.8 Å².